The molecule has 26 heavy (non-hydrogen) atoms. The number of fused-ring (bicyclic) bond motifs is 1. The lowest BCUT2D eigenvalue weighted by molar-refractivity contribution is -0.192. The lowest BCUT2D eigenvalue weighted by Crippen LogP contribution is -2.45. The fourth-order valence-electron chi connectivity index (χ4n) is 3.25. The summed E-state index contributed by atoms with van der Waals surface area (Å²) in [5, 5.41) is 19.3. The molecule has 1 aromatic heterocycles. The van der Waals surface area contributed by atoms with Crippen LogP contribution in [0.1, 0.15) is 25.7 Å². The SMILES string of the molecule is O=C(NC1CC1)N1CC[C@H]2[C@H]1CCN2c1nncs1.O=C(O)C(F)(F)F. The molecule has 3 fully saturated rings. The van der Waals surface area contributed by atoms with Crippen molar-refractivity contribution in [3.8, 4) is 0 Å². The zero-order chi connectivity index (χ0) is 18.9. The van der Waals surface area contributed by atoms with Crippen molar-refractivity contribution in [2.45, 2.75) is 50.0 Å². The van der Waals surface area contributed by atoms with Gasteiger partial charge in [-0.15, -0.1) is 10.2 Å². The molecule has 1 aromatic rings. The van der Waals surface area contributed by atoms with Crippen LogP contribution in [0.4, 0.5) is 23.1 Å². The normalized spacial score (nSPS) is 24.7. The van der Waals surface area contributed by atoms with Crippen LogP contribution in [-0.4, -0.2) is 69.6 Å². The summed E-state index contributed by atoms with van der Waals surface area (Å²) in [5.41, 5.74) is 1.77. The van der Waals surface area contributed by atoms with Gasteiger partial charge in [0.15, 0.2) is 0 Å². The molecule has 3 aliphatic rings. The predicted octanol–water partition coefficient (Wildman–Crippen LogP) is 1.70. The van der Waals surface area contributed by atoms with Gasteiger partial charge in [0, 0.05) is 19.1 Å². The number of hydrogen-bond acceptors (Lipinski definition) is 6. The Morgan fingerprint density at radius 3 is 2.38 bits per heavy atom. The quantitative estimate of drug-likeness (QED) is 0.794. The maximum absolute atomic E-state index is 12.2. The molecule has 144 valence electrons. The third kappa shape index (κ3) is 4.17. The summed E-state index contributed by atoms with van der Waals surface area (Å²) >= 11 is 1.58. The summed E-state index contributed by atoms with van der Waals surface area (Å²) in [6, 6.07) is 1.35. The van der Waals surface area contributed by atoms with E-state index in [1.54, 1.807) is 16.8 Å². The third-order valence-corrected chi connectivity index (χ3v) is 5.31. The van der Waals surface area contributed by atoms with Crippen LogP contribution in [0, 0.1) is 0 Å². The first-order valence-electron chi connectivity index (χ1n) is 8.17. The summed E-state index contributed by atoms with van der Waals surface area (Å²) in [6.07, 6.45) is -0.708. The topological polar surface area (TPSA) is 98.7 Å². The van der Waals surface area contributed by atoms with Crippen molar-refractivity contribution in [1.82, 2.24) is 20.4 Å². The van der Waals surface area contributed by atoms with Crippen molar-refractivity contribution < 1.29 is 27.9 Å². The molecule has 0 spiro atoms. The molecule has 2 N–H and O–H groups in total. The van der Waals surface area contributed by atoms with Crippen molar-refractivity contribution in [2.24, 2.45) is 0 Å². The average molecular weight is 393 g/mol. The number of aromatic nitrogens is 2. The second-order valence-corrected chi connectivity index (χ2v) is 7.16. The molecule has 0 aromatic carbocycles. The monoisotopic (exact) mass is 393 g/mol. The van der Waals surface area contributed by atoms with Crippen molar-refractivity contribution in [2.75, 3.05) is 18.0 Å². The van der Waals surface area contributed by atoms with Crippen molar-refractivity contribution in [1.29, 1.82) is 0 Å². The smallest absolute Gasteiger partial charge is 0.475 e. The van der Waals surface area contributed by atoms with Crippen molar-refractivity contribution in [3.63, 3.8) is 0 Å². The van der Waals surface area contributed by atoms with E-state index in [-0.39, 0.29) is 6.03 Å². The maximum atomic E-state index is 12.2. The summed E-state index contributed by atoms with van der Waals surface area (Å²) in [7, 11) is 0. The van der Waals surface area contributed by atoms with Crippen molar-refractivity contribution in [3.05, 3.63) is 5.51 Å². The van der Waals surface area contributed by atoms with Crippen LogP contribution in [0.2, 0.25) is 0 Å². The molecule has 2 amide bonds. The highest BCUT2D eigenvalue weighted by atomic mass is 32.1. The number of halogens is 3. The minimum Gasteiger partial charge on any atom is -0.475 e. The number of aliphatic carboxylic acids is 1. The van der Waals surface area contributed by atoms with Gasteiger partial charge in [-0.1, -0.05) is 11.3 Å². The van der Waals surface area contributed by atoms with Gasteiger partial charge in [-0.2, -0.15) is 13.2 Å². The van der Waals surface area contributed by atoms with Crippen LogP contribution in [0.3, 0.4) is 0 Å². The molecule has 8 nitrogen and oxygen atoms in total. The molecule has 1 saturated carbocycles. The molecular weight excluding hydrogens is 375 g/mol. The molecule has 4 rings (SSSR count). The summed E-state index contributed by atoms with van der Waals surface area (Å²) in [6.45, 7) is 1.85. The number of likely N-dealkylation sites (tertiary alicyclic amines) is 1. The molecule has 2 aliphatic heterocycles. The Morgan fingerprint density at radius 1 is 1.19 bits per heavy atom. The minimum atomic E-state index is -5.08. The molecule has 0 bridgehead atoms. The minimum absolute atomic E-state index is 0.133. The van der Waals surface area contributed by atoms with E-state index in [2.05, 4.69) is 20.4 Å². The highest BCUT2D eigenvalue weighted by Gasteiger charge is 2.45. The van der Waals surface area contributed by atoms with Gasteiger partial charge in [-0.25, -0.2) is 9.59 Å². The number of rotatable bonds is 2. The number of carboxylic acids is 1. The predicted molar refractivity (Wildman–Crippen MR) is 86.0 cm³/mol. The largest absolute Gasteiger partial charge is 0.490 e. The van der Waals surface area contributed by atoms with Gasteiger partial charge in [0.2, 0.25) is 5.13 Å². The van der Waals surface area contributed by atoms with Crippen molar-refractivity contribution >= 4 is 28.5 Å². The van der Waals surface area contributed by atoms with E-state index in [9.17, 15) is 18.0 Å². The van der Waals surface area contributed by atoms with Gasteiger partial charge in [-0.05, 0) is 25.7 Å². The van der Waals surface area contributed by atoms with E-state index in [0.717, 1.165) is 43.9 Å². The Labute approximate surface area is 151 Å². The van der Waals surface area contributed by atoms with Crippen LogP contribution in [0.5, 0.6) is 0 Å². The number of carbonyl (C=O) groups is 2. The van der Waals surface area contributed by atoms with Crippen LogP contribution in [0.15, 0.2) is 5.51 Å². The number of nitrogens with zero attached hydrogens (tertiary/aromatic N) is 4. The highest BCUT2D eigenvalue weighted by molar-refractivity contribution is 7.13. The van der Waals surface area contributed by atoms with Crippen LogP contribution in [-0.2, 0) is 4.79 Å². The van der Waals surface area contributed by atoms with E-state index in [1.165, 1.54) is 0 Å². The van der Waals surface area contributed by atoms with E-state index < -0.39 is 12.1 Å². The lowest BCUT2D eigenvalue weighted by Gasteiger charge is -2.25. The Morgan fingerprint density at radius 2 is 1.85 bits per heavy atom. The molecule has 2 atom stereocenters. The van der Waals surface area contributed by atoms with Gasteiger partial charge in [0.05, 0.1) is 12.1 Å². The fourth-order valence-corrected chi connectivity index (χ4v) is 3.90. The van der Waals surface area contributed by atoms with Gasteiger partial charge in [0.1, 0.15) is 5.51 Å². The number of urea groups is 1. The highest BCUT2D eigenvalue weighted by Crippen LogP contribution is 2.35. The second-order valence-electron chi connectivity index (χ2n) is 6.35. The number of alkyl halides is 3. The molecule has 1 aliphatic carbocycles. The lowest BCUT2D eigenvalue weighted by atomic mass is 10.1. The summed E-state index contributed by atoms with van der Waals surface area (Å²) in [4.78, 5) is 25.5. The van der Waals surface area contributed by atoms with Gasteiger partial charge >= 0.3 is 18.2 Å². The first-order chi connectivity index (χ1) is 12.3. The average Bonchev–Trinajstić information content (AvgIpc) is 2.99. The van der Waals surface area contributed by atoms with E-state index in [1.807, 2.05) is 4.90 Å². The first kappa shape index (κ1) is 18.7. The van der Waals surface area contributed by atoms with E-state index in [4.69, 9.17) is 9.90 Å². The molecule has 2 saturated heterocycles. The molecule has 0 radical (unpaired) electrons. The van der Waals surface area contributed by atoms with E-state index in [0.29, 0.717) is 18.1 Å². The Hall–Kier alpha value is -2.11. The van der Waals surface area contributed by atoms with Crippen LogP contribution >= 0.6 is 11.3 Å². The Balaban J connectivity index is 0.000000242. The van der Waals surface area contributed by atoms with Gasteiger partial charge in [-0.3, -0.25) is 0 Å². The molecule has 12 heteroatoms. The zero-order valence-electron chi connectivity index (χ0n) is 13.6. The summed E-state index contributed by atoms with van der Waals surface area (Å²) in [5.74, 6) is -2.76. The number of amides is 2. The maximum Gasteiger partial charge on any atom is 0.490 e. The summed E-state index contributed by atoms with van der Waals surface area (Å²) < 4.78 is 31.7. The Kier molecular flexibility index (Phi) is 5.21. The number of carbonyl (C=O) groups excluding carboxylic acids is 1. The number of hydrogen-bond donors (Lipinski definition) is 2. The number of nitrogens with one attached hydrogen (secondary N) is 1. The molecule has 0 unspecified atom stereocenters. The first-order valence-corrected chi connectivity index (χ1v) is 9.05. The van der Waals surface area contributed by atoms with E-state index >= 15 is 0 Å². The number of carboxylic acid groups (broad SMARTS) is 1. The van der Waals surface area contributed by atoms with Crippen LogP contribution in [0.25, 0.3) is 0 Å². The molecular formula is C14H18F3N5O3S. The standard InChI is InChI=1S/C12H17N5OS.C2HF3O2/c18-11(14-8-1-2-8)16-5-3-10-9(16)4-6-17(10)12-15-13-7-19-12;3-2(4,5)1(6)7/h7-10H,1-6H2,(H,14,18);(H,6,7)/t9-,10+;/m1./s1. The zero-order valence-corrected chi connectivity index (χ0v) is 14.5. The Bertz CT molecular complexity index is 653. The second kappa shape index (κ2) is 7.25. The van der Waals surface area contributed by atoms with Gasteiger partial charge in [0.25, 0.3) is 0 Å². The molecule has 3 heterocycles. The van der Waals surface area contributed by atoms with Gasteiger partial charge < -0.3 is 20.2 Å². The van der Waals surface area contributed by atoms with Crippen LogP contribution < -0.4 is 10.2 Å². The fraction of sp³-hybridized carbons (Fsp3) is 0.714. The number of anilines is 1. The third-order valence-electron chi connectivity index (χ3n) is 4.58.